The summed E-state index contributed by atoms with van der Waals surface area (Å²) in [7, 11) is 0. The highest BCUT2D eigenvalue weighted by atomic mass is 32.1. The molecule has 1 rings (SSSR count). The fourth-order valence-electron chi connectivity index (χ4n) is 1.08. The zero-order valence-corrected chi connectivity index (χ0v) is 11.4. The van der Waals surface area contributed by atoms with Crippen LogP contribution in [0.3, 0.4) is 0 Å². The molecular weight excluding hydrogens is 220 g/mol. The molecule has 1 aromatic heterocycles. The second-order valence-electron chi connectivity index (χ2n) is 4.82. The highest BCUT2D eigenvalue weighted by molar-refractivity contribution is 7.80. The minimum absolute atomic E-state index is 0.142. The quantitative estimate of drug-likeness (QED) is 0.801. The Kier molecular flexibility index (Phi) is 4.15. The highest BCUT2D eigenvalue weighted by Gasteiger charge is 2.19. The maximum Gasteiger partial charge on any atom is 0.0965 e. The molecule has 1 heterocycles. The molecule has 0 fully saturated rings. The Morgan fingerprint density at radius 3 is 2.62 bits per heavy atom. The van der Waals surface area contributed by atoms with E-state index in [4.69, 9.17) is 12.2 Å². The summed E-state index contributed by atoms with van der Waals surface area (Å²) in [6.45, 7) is 10.9. The van der Waals surface area contributed by atoms with Crippen LogP contribution < -0.4 is 5.32 Å². The van der Waals surface area contributed by atoms with Crippen LogP contribution in [0.15, 0.2) is 6.20 Å². The first kappa shape index (κ1) is 13.3. The molecule has 0 saturated carbocycles. The molecule has 0 unspecified atom stereocenters. The van der Waals surface area contributed by atoms with Gasteiger partial charge in [0.15, 0.2) is 0 Å². The van der Waals surface area contributed by atoms with Crippen LogP contribution in [0.5, 0.6) is 0 Å². The largest absolute Gasteiger partial charge is 0.302 e. The van der Waals surface area contributed by atoms with Crippen LogP contribution in [-0.2, 0) is 6.54 Å². The summed E-state index contributed by atoms with van der Waals surface area (Å²) in [5.41, 5.74) is 0.801. The van der Waals surface area contributed by atoms with Crippen molar-refractivity contribution in [3.63, 3.8) is 0 Å². The summed E-state index contributed by atoms with van der Waals surface area (Å²) >= 11 is 5.19. The summed E-state index contributed by atoms with van der Waals surface area (Å²) in [5.74, 6) is 0. The van der Waals surface area contributed by atoms with E-state index in [1.807, 2.05) is 17.8 Å². The molecule has 90 valence electrons. The van der Waals surface area contributed by atoms with Gasteiger partial charge in [-0.1, -0.05) is 17.4 Å². The van der Waals surface area contributed by atoms with E-state index in [1.165, 1.54) is 0 Å². The molecule has 0 aliphatic heterocycles. The summed E-state index contributed by atoms with van der Waals surface area (Å²) in [6, 6.07) is 0.349. The van der Waals surface area contributed by atoms with Gasteiger partial charge in [0, 0.05) is 23.0 Å². The minimum atomic E-state index is -0.142. The van der Waals surface area contributed by atoms with Gasteiger partial charge in [0.1, 0.15) is 0 Å². The van der Waals surface area contributed by atoms with Gasteiger partial charge in [0.2, 0.25) is 0 Å². The van der Waals surface area contributed by atoms with E-state index in [2.05, 4.69) is 43.3 Å². The molecule has 1 N–H and O–H groups in total. The number of rotatable bonds is 5. The maximum absolute atomic E-state index is 5.19. The van der Waals surface area contributed by atoms with Gasteiger partial charge in [0.05, 0.1) is 11.9 Å². The normalized spacial score (nSPS) is 12.1. The van der Waals surface area contributed by atoms with Gasteiger partial charge < -0.3 is 5.32 Å². The van der Waals surface area contributed by atoms with Crippen LogP contribution in [0.2, 0.25) is 0 Å². The van der Waals surface area contributed by atoms with Gasteiger partial charge in [0.25, 0.3) is 0 Å². The van der Waals surface area contributed by atoms with Crippen LogP contribution in [-0.4, -0.2) is 25.4 Å². The molecule has 0 aromatic carbocycles. The van der Waals surface area contributed by atoms with Crippen molar-refractivity contribution in [3.05, 3.63) is 11.9 Å². The van der Waals surface area contributed by atoms with E-state index in [-0.39, 0.29) is 5.54 Å². The van der Waals surface area contributed by atoms with E-state index in [9.17, 15) is 0 Å². The second-order valence-corrected chi connectivity index (χ2v) is 5.43. The first-order valence-corrected chi connectivity index (χ1v) is 5.90. The predicted molar refractivity (Wildman–Crippen MR) is 69.6 cm³/mol. The first-order chi connectivity index (χ1) is 7.33. The molecule has 5 heteroatoms. The third-order valence-electron chi connectivity index (χ3n) is 2.68. The van der Waals surface area contributed by atoms with Gasteiger partial charge in [-0.2, -0.15) is 0 Å². The van der Waals surface area contributed by atoms with Crippen LogP contribution >= 0.6 is 12.2 Å². The average molecular weight is 240 g/mol. The topological polar surface area (TPSA) is 42.7 Å². The van der Waals surface area contributed by atoms with Gasteiger partial charge in [-0.3, -0.25) is 0 Å². The van der Waals surface area contributed by atoms with Crippen molar-refractivity contribution < 1.29 is 0 Å². The summed E-state index contributed by atoms with van der Waals surface area (Å²) in [6.07, 6.45) is 1.96. The smallest absolute Gasteiger partial charge is 0.0965 e. The molecule has 0 bridgehead atoms. The number of hydrogen-bond donors (Lipinski definition) is 1. The molecule has 0 amide bonds. The summed E-state index contributed by atoms with van der Waals surface area (Å²) in [5, 5.41) is 11.5. The zero-order chi connectivity index (χ0) is 12.3. The molecule has 1 aromatic rings. The molecule has 4 nitrogen and oxygen atoms in total. The Balaban J connectivity index is 2.58. The van der Waals surface area contributed by atoms with Crippen molar-refractivity contribution in [1.82, 2.24) is 20.3 Å². The Morgan fingerprint density at radius 1 is 1.56 bits per heavy atom. The highest BCUT2D eigenvalue weighted by Crippen LogP contribution is 2.08. The molecule has 0 atom stereocenters. The number of nitrogens with zero attached hydrogens (tertiary/aromatic N) is 3. The number of thiocarbonyl (C=S) groups is 1. The Bertz CT molecular complexity index is 368. The third kappa shape index (κ3) is 3.35. The van der Waals surface area contributed by atoms with Gasteiger partial charge in [-0.05, 0) is 34.6 Å². The molecule has 0 saturated heterocycles. The second kappa shape index (κ2) is 5.01. The van der Waals surface area contributed by atoms with E-state index >= 15 is 0 Å². The van der Waals surface area contributed by atoms with E-state index < -0.39 is 0 Å². The Hall–Kier alpha value is -0.810. The average Bonchev–Trinajstić information content (AvgIpc) is 2.63. The SMILES string of the molecule is CC(=S)C(C)(C)NCc1cn(C(C)C)nn1. The summed E-state index contributed by atoms with van der Waals surface area (Å²) in [4.78, 5) is 0.948. The summed E-state index contributed by atoms with van der Waals surface area (Å²) < 4.78 is 1.86. The minimum Gasteiger partial charge on any atom is -0.302 e. The lowest BCUT2D eigenvalue weighted by molar-refractivity contribution is 0.502. The van der Waals surface area contributed by atoms with Crippen molar-refractivity contribution in [1.29, 1.82) is 0 Å². The van der Waals surface area contributed by atoms with Crippen molar-refractivity contribution >= 4 is 17.1 Å². The fourth-order valence-corrected chi connectivity index (χ4v) is 1.15. The van der Waals surface area contributed by atoms with Crippen LogP contribution in [0.1, 0.15) is 46.4 Å². The molecule has 16 heavy (non-hydrogen) atoms. The van der Waals surface area contributed by atoms with E-state index in [1.54, 1.807) is 0 Å². The first-order valence-electron chi connectivity index (χ1n) is 5.49. The van der Waals surface area contributed by atoms with Crippen molar-refractivity contribution in [2.24, 2.45) is 0 Å². The van der Waals surface area contributed by atoms with E-state index in [0.717, 1.165) is 10.6 Å². The third-order valence-corrected chi connectivity index (χ3v) is 3.19. The van der Waals surface area contributed by atoms with Crippen LogP contribution in [0.4, 0.5) is 0 Å². The van der Waals surface area contributed by atoms with Gasteiger partial charge in [-0.25, -0.2) is 4.68 Å². The van der Waals surface area contributed by atoms with Crippen molar-refractivity contribution in [3.8, 4) is 0 Å². The number of aromatic nitrogens is 3. The molecular formula is C11H20N4S. The van der Waals surface area contributed by atoms with Gasteiger partial charge in [-0.15, -0.1) is 5.10 Å². The van der Waals surface area contributed by atoms with Crippen molar-refractivity contribution in [2.75, 3.05) is 0 Å². The number of hydrogen-bond acceptors (Lipinski definition) is 4. The lowest BCUT2D eigenvalue weighted by atomic mass is 10.0. The molecule has 0 radical (unpaired) electrons. The standard InChI is InChI=1S/C11H20N4S/c1-8(2)15-7-10(13-14-15)6-12-11(4,5)9(3)16/h7-8,12H,6H2,1-5H3. The maximum atomic E-state index is 5.19. The van der Waals surface area contributed by atoms with Crippen LogP contribution in [0, 0.1) is 0 Å². The predicted octanol–water partition coefficient (Wildman–Crippen LogP) is 2.12. The van der Waals surface area contributed by atoms with Crippen LogP contribution in [0.25, 0.3) is 0 Å². The Labute approximate surface area is 102 Å². The van der Waals surface area contributed by atoms with Crippen molar-refractivity contribution in [2.45, 2.75) is 52.7 Å². The Morgan fingerprint density at radius 2 is 2.19 bits per heavy atom. The lowest BCUT2D eigenvalue weighted by Crippen LogP contribution is -2.44. The lowest BCUT2D eigenvalue weighted by Gasteiger charge is -2.24. The van der Waals surface area contributed by atoms with E-state index in [0.29, 0.717) is 12.6 Å². The molecule has 0 aliphatic carbocycles. The molecule has 0 aliphatic rings. The molecule has 0 spiro atoms. The van der Waals surface area contributed by atoms with Gasteiger partial charge >= 0.3 is 0 Å². The fraction of sp³-hybridized carbons (Fsp3) is 0.727. The zero-order valence-electron chi connectivity index (χ0n) is 10.6. The monoisotopic (exact) mass is 240 g/mol. The number of nitrogens with one attached hydrogen (secondary N) is 1.